The predicted octanol–water partition coefficient (Wildman–Crippen LogP) is 3.22. The van der Waals surface area contributed by atoms with Gasteiger partial charge in [0.25, 0.3) is 0 Å². The van der Waals surface area contributed by atoms with Gasteiger partial charge in [0.05, 0.1) is 11.3 Å². The quantitative estimate of drug-likeness (QED) is 0.773. The van der Waals surface area contributed by atoms with Gasteiger partial charge in [0.15, 0.2) is 11.9 Å². The van der Waals surface area contributed by atoms with Crippen LogP contribution in [0.5, 0.6) is 0 Å². The molecule has 5 heteroatoms. The summed E-state index contributed by atoms with van der Waals surface area (Å²) in [6, 6.07) is 4.29. The highest BCUT2D eigenvalue weighted by Crippen LogP contribution is 2.23. The zero-order valence-electron chi connectivity index (χ0n) is 8.06. The van der Waals surface area contributed by atoms with Gasteiger partial charge in [-0.1, -0.05) is 11.6 Å². The molecule has 0 saturated carbocycles. The highest BCUT2D eigenvalue weighted by Gasteiger charge is 2.23. The van der Waals surface area contributed by atoms with Crippen LogP contribution in [-0.4, -0.2) is 10.8 Å². The molecule has 2 aromatic heterocycles. The molecule has 1 atom stereocenters. The number of hydrogen-bond donors (Lipinski definition) is 0. The minimum Gasteiger partial charge on any atom is -0.461 e. The molecule has 2 heterocycles. The van der Waals surface area contributed by atoms with Gasteiger partial charge < -0.3 is 4.42 Å². The molecule has 3 nitrogen and oxygen atoms in total. The van der Waals surface area contributed by atoms with Crippen LogP contribution in [0.4, 0.5) is 4.39 Å². The lowest BCUT2D eigenvalue weighted by Gasteiger charge is -2.05. The number of carbonyl (C=O) groups excluding carboxylic acids is 1. The second-order valence-electron chi connectivity index (χ2n) is 3.14. The Morgan fingerprint density at radius 3 is 2.94 bits per heavy atom. The van der Waals surface area contributed by atoms with Crippen molar-refractivity contribution in [1.29, 1.82) is 0 Å². The normalized spacial score (nSPS) is 12.4. The van der Waals surface area contributed by atoms with E-state index < -0.39 is 12.0 Å². The summed E-state index contributed by atoms with van der Waals surface area (Å²) in [5.74, 6) is -0.762. The molecule has 0 spiro atoms. The molecule has 0 fully saturated rings. The van der Waals surface area contributed by atoms with E-state index in [0.29, 0.717) is 0 Å². The molecule has 0 saturated heterocycles. The number of furan rings is 1. The van der Waals surface area contributed by atoms with Gasteiger partial charge in [-0.15, -0.1) is 0 Å². The van der Waals surface area contributed by atoms with Gasteiger partial charge in [-0.25, -0.2) is 4.39 Å². The van der Waals surface area contributed by atoms with E-state index >= 15 is 0 Å². The summed E-state index contributed by atoms with van der Waals surface area (Å²) < 4.78 is 18.6. The van der Waals surface area contributed by atoms with Gasteiger partial charge in [-0.2, -0.15) is 0 Å². The number of Topliss-reactive ketones (excluding diaryl/α,β-unsaturated/α-hetero) is 1. The number of nitrogens with zero attached hydrogens (tertiary/aromatic N) is 1. The first-order valence-electron chi connectivity index (χ1n) is 4.50. The van der Waals surface area contributed by atoms with Crippen molar-refractivity contribution < 1.29 is 13.6 Å². The highest BCUT2D eigenvalue weighted by molar-refractivity contribution is 6.30. The summed E-state index contributed by atoms with van der Waals surface area (Å²) in [4.78, 5) is 15.3. The van der Waals surface area contributed by atoms with Crippen molar-refractivity contribution in [2.24, 2.45) is 0 Å². The van der Waals surface area contributed by atoms with E-state index in [9.17, 15) is 9.18 Å². The van der Waals surface area contributed by atoms with Crippen LogP contribution in [0.1, 0.15) is 22.3 Å². The summed E-state index contributed by atoms with van der Waals surface area (Å²) in [6.45, 7) is 0. The van der Waals surface area contributed by atoms with Crippen molar-refractivity contribution in [3.05, 3.63) is 53.2 Å². The number of pyridine rings is 1. The third-order valence-corrected chi connectivity index (χ3v) is 2.22. The Morgan fingerprint density at radius 2 is 2.31 bits per heavy atom. The van der Waals surface area contributed by atoms with Gasteiger partial charge in [0.2, 0.25) is 5.78 Å². The van der Waals surface area contributed by atoms with Crippen LogP contribution in [0.15, 0.2) is 41.3 Å². The van der Waals surface area contributed by atoms with Gasteiger partial charge in [-0.3, -0.25) is 9.78 Å². The standard InChI is InChI=1S/C11H7ClFNO2/c12-8-4-7(5-14-6-8)10(13)11(15)9-2-1-3-16-9/h1-6,10H. The third kappa shape index (κ3) is 2.12. The molecule has 0 aliphatic carbocycles. The molecule has 0 aromatic carbocycles. The summed E-state index contributed by atoms with van der Waals surface area (Å²) in [7, 11) is 0. The molecule has 0 radical (unpaired) electrons. The summed E-state index contributed by atoms with van der Waals surface area (Å²) in [5.41, 5.74) is 0.119. The maximum Gasteiger partial charge on any atom is 0.236 e. The lowest BCUT2D eigenvalue weighted by molar-refractivity contribution is 0.0848. The Labute approximate surface area is 95.9 Å². The van der Waals surface area contributed by atoms with Crippen molar-refractivity contribution in [3.63, 3.8) is 0 Å². The first-order chi connectivity index (χ1) is 7.68. The number of halogens is 2. The molecule has 0 bridgehead atoms. The Morgan fingerprint density at radius 1 is 1.50 bits per heavy atom. The lowest BCUT2D eigenvalue weighted by Crippen LogP contribution is -2.07. The van der Waals surface area contributed by atoms with Gasteiger partial charge in [0, 0.05) is 18.0 Å². The lowest BCUT2D eigenvalue weighted by atomic mass is 10.1. The average molecular weight is 240 g/mol. The van der Waals surface area contributed by atoms with Crippen molar-refractivity contribution in [3.8, 4) is 0 Å². The first kappa shape index (κ1) is 10.8. The van der Waals surface area contributed by atoms with Crippen molar-refractivity contribution >= 4 is 17.4 Å². The highest BCUT2D eigenvalue weighted by atomic mass is 35.5. The molecule has 0 aliphatic rings. The monoisotopic (exact) mass is 239 g/mol. The van der Waals surface area contributed by atoms with Crippen LogP contribution < -0.4 is 0 Å². The molecule has 0 aliphatic heterocycles. The van der Waals surface area contributed by atoms with Gasteiger partial charge >= 0.3 is 0 Å². The molecule has 0 N–H and O–H groups in total. The van der Waals surface area contributed by atoms with E-state index in [1.54, 1.807) is 0 Å². The van der Waals surface area contributed by atoms with E-state index in [-0.39, 0.29) is 16.3 Å². The first-order valence-corrected chi connectivity index (χ1v) is 4.88. The Kier molecular flexibility index (Phi) is 3.01. The predicted molar refractivity (Wildman–Crippen MR) is 56.1 cm³/mol. The molecular weight excluding hydrogens is 233 g/mol. The molecule has 0 amide bonds. The maximum absolute atomic E-state index is 13.8. The number of hydrogen-bond acceptors (Lipinski definition) is 3. The average Bonchev–Trinajstić information content (AvgIpc) is 2.80. The Bertz CT molecular complexity index is 498. The number of carbonyl (C=O) groups is 1. The van der Waals surface area contributed by atoms with Gasteiger partial charge in [0.1, 0.15) is 0 Å². The van der Waals surface area contributed by atoms with E-state index in [1.165, 1.54) is 36.9 Å². The molecule has 82 valence electrons. The van der Waals surface area contributed by atoms with Crippen molar-refractivity contribution in [2.75, 3.05) is 0 Å². The largest absolute Gasteiger partial charge is 0.461 e. The van der Waals surface area contributed by atoms with Crippen LogP contribution >= 0.6 is 11.6 Å². The van der Waals surface area contributed by atoms with Crippen LogP contribution in [0, 0.1) is 0 Å². The second-order valence-corrected chi connectivity index (χ2v) is 3.58. The zero-order chi connectivity index (χ0) is 11.5. The number of alkyl halides is 1. The summed E-state index contributed by atoms with van der Waals surface area (Å²) >= 11 is 5.65. The van der Waals surface area contributed by atoms with Crippen LogP contribution in [0.3, 0.4) is 0 Å². The fourth-order valence-electron chi connectivity index (χ4n) is 1.26. The molecule has 16 heavy (non-hydrogen) atoms. The maximum atomic E-state index is 13.8. The summed E-state index contributed by atoms with van der Waals surface area (Å²) in [6.07, 6.45) is 2.14. The number of rotatable bonds is 3. The van der Waals surface area contributed by atoms with E-state index in [1.807, 2.05) is 0 Å². The minimum atomic E-state index is -1.81. The molecule has 2 rings (SSSR count). The smallest absolute Gasteiger partial charge is 0.236 e. The van der Waals surface area contributed by atoms with E-state index in [2.05, 4.69) is 4.98 Å². The van der Waals surface area contributed by atoms with Crippen LogP contribution in [-0.2, 0) is 0 Å². The van der Waals surface area contributed by atoms with E-state index in [0.717, 1.165) is 0 Å². The van der Waals surface area contributed by atoms with Gasteiger partial charge in [-0.05, 0) is 18.2 Å². The van der Waals surface area contributed by atoms with Crippen LogP contribution in [0.2, 0.25) is 5.02 Å². The van der Waals surface area contributed by atoms with Crippen molar-refractivity contribution in [2.45, 2.75) is 6.17 Å². The molecule has 2 aromatic rings. The minimum absolute atomic E-state index is 0.0209. The topological polar surface area (TPSA) is 43.1 Å². The number of ketones is 1. The Hall–Kier alpha value is -1.68. The third-order valence-electron chi connectivity index (χ3n) is 2.01. The second kappa shape index (κ2) is 4.45. The Balaban J connectivity index is 2.26. The number of aromatic nitrogens is 1. The molecule has 1 unspecified atom stereocenters. The fraction of sp³-hybridized carbons (Fsp3) is 0.0909. The SMILES string of the molecule is O=C(c1ccco1)C(F)c1cncc(Cl)c1. The summed E-state index contributed by atoms with van der Waals surface area (Å²) in [5, 5.41) is 0.285. The van der Waals surface area contributed by atoms with Crippen LogP contribution in [0.25, 0.3) is 0 Å². The van der Waals surface area contributed by atoms with Crippen molar-refractivity contribution in [1.82, 2.24) is 4.98 Å². The zero-order valence-corrected chi connectivity index (χ0v) is 8.82. The fourth-order valence-corrected chi connectivity index (χ4v) is 1.44. The molecular formula is C11H7ClFNO2. The van der Waals surface area contributed by atoms with E-state index in [4.69, 9.17) is 16.0 Å².